The second-order valence-electron chi connectivity index (χ2n) is 4.38. The zero-order valence-electron chi connectivity index (χ0n) is 8.87. The average Bonchev–Trinajstić information content (AvgIpc) is 2.29. The molecule has 2 nitrogen and oxygen atoms in total. The van der Waals surface area contributed by atoms with Crippen LogP contribution in [0.5, 0.6) is 0 Å². The molecule has 0 aromatic rings. The van der Waals surface area contributed by atoms with Crippen LogP contribution in [0.1, 0.15) is 38.5 Å². The molecular weight excluding hydrogens is 174 g/mol. The molecule has 0 amide bonds. The van der Waals surface area contributed by atoms with E-state index in [0.717, 1.165) is 6.61 Å². The number of nitrogens with one attached hydrogen (secondary N) is 1. The van der Waals surface area contributed by atoms with Crippen molar-refractivity contribution in [2.24, 2.45) is 0 Å². The average molecular weight is 195 g/mol. The van der Waals surface area contributed by atoms with Gasteiger partial charge in [0.05, 0.1) is 12.7 Å². The molecule has 0 bridgehead atoms. The Morgan fingerprint density at radius 2 is 2.21 bits per heavy atom. The molecular formula is C12H21NO. The molecule has 0 aromatic heterocycles. The number of hydrogen-bond donors (Lipinski definition) is 1. The van der Waals surface area contributed by atoms with E-state index in [4.69, 9.17) is 4.74 Å². The SMILES string of the molecule is C1=CC(OCC2CCCCN2)CCC1. The van der Waals surface area contributed by atoms with Crippen LogP contribution in [0.3, 0.4) is 0 Å². The van der Waals surface area contributed by atoms with E-state index in [1.807, 2.05) is 0 Å². The van der Waals surface area contributed by atoms with Gasteiger partial charge < -0.3 is 10.1 Å². The molecule has 2 aliphatic rings. The number of ether oxygens (including phenoxy) is 1. The number of piperidine rings is 1. The van der Waals surface area contributed by atoms with E-state index in [0.29, 0.717) is 12.1 Å². The Hall–Kier alpha value is -0.340. The van der Waals surface area contributed by atoms with Gasteiger partial charge in [-0.15, -0.1) is 0 Å². The monoisotopic (exact) mass is 195 g/mol. The molecule has 1 saturated heterocycles. The topological polar surface area (TPSA) is 21.3 Å². The van der Waals surface area contributed by atoms with Gasteiger partial charge in [-0.25, -0.2) is 0 Å². The quantitative estimate of drug-likeness (QED) is 0.697. The summed E-state index contributed by atoms with van der Waals surface area (Å²) in [5, 5.41) is 3.51. The van der Waals surface area contributed by atoms with E-state index >= 15 is 0 Å². The Morgan fingerprint density at radius 1 is 1.21 bits per heavy atom. The summed E-state index contributed by atoms with van der Waals surface area (Å²) in [6.45, 7) is 2.07. The Bertz CT molecular complexity index is 185. The number of allylic oxidation sites excluding steroid dienone is 1. The molecule has 2 atom stereocenters. The maximum atomic E-state index is 5.87. The smallest absolute Gasteiger partial charge is 0.0756 e. The maximum Gasteiger partial charge on any atom is 0.0756 e. The van der Waals surface area contributed by atoms with Crippen molar-refractivity contribution in [3.63, 3.8) is 0 Å². The van der Waals surface area contributed by atoms with E-state index in [-0.39, 0.29) is 0 Å². The molecule has 1 aliphatic carbocycles. The third-order valence-electron chi connectivity index (χ3n) is 3.13. The first-order chi connectivity index (χ1) is 6.95. The lowest BCUT2D eigenvalue weighted by Crippen LogP contribution is -2.38. The minimum absolute atomic E-state index is 0.396. The summed E-state index contributed by atoms with van der Waals surface area (Å²) in [5.41, 5.74) is 0. The minimum Gasteiger partial charge on any atom is -0.373 e. The first-order valence-electron chi connectivity index (χ1n) is 5.97. The van der Waals surface area contributed by atoms with Gasteiger partial charge in [-0.1, -0.05) is 18.6 Å². The summed E-state index contributed by atoms with van der Waals surface area (Å²) in [6, 6.07) is 0.610. The lowest BCUT2D eigenvalue weighted by molar-refractivity contribution is 0.0532. The van der Waals surface area contributed by atoms with Gasteiger partial charge in [0.1, 0.15) is 0 Å². The lowest BCUT2D eigenvalue weighted by atomic mass is 10.0. The predicted octanol–water partition coefficient (Wildman–Crippen LogP) is 2.25. The fourth-order valence-electron chi connectivity index (χ4n) is 2.23. The van der Waals surface area contributed by atoms with Gasteiger partial charge >= 0.3 is 0 Å². The normalized spacial score (nSPS) is 33.1. The van der Waals surface area contributed by atoms with Gasteiger partial charge in [-0.05, 0) is 38.6 Å². The molecule has 1 aliphatic heterocycles. The standard InChI is InChI=1S/C12H21NO/c1-2-7-12(8-3-1)14-10-11-6-4-5-9-13-11/h2,7,11-13H,1,3-6,8-10H2. The zero-order valence-corrected chi connectivity index (χ0v) is 8.87. The van der Waals surface area contributed by atoms with Crippen LogP contribution in [0, 0.1) is 0 Å². The van der Waals surface area contributed by atoms with Crippen molar-refractivity contribution in [3.8, 4) is 0 Å². The Balaban J connectivity index is 1.65. The maximum absolute atomic E-state index is 5.87. The fourth-order valence-corrected chi connectivity index (χ4v) is 2.23. The largest absolute Gasteiger partial charge is 0.373 e. The first kappa shape index (κ1) is 10.2. The molecule has 0 aromatic carbocycles. The number of rotatable bonds is 3. The summed E-state index contributed by atoms with van der Waals surface area (Å²) in [6.07, 6.45) is 12.6. The summed E-state index contributed by atoms with van der Waals surface area (Å²) in [5.74, 6) is 0. The van der Waals surface area contributed by atoms with Crippen LogP contribution < -0.4 is 5.32 Å². The minimum atomic E-state index is 0.396. The van der Waals surface area contributed by atoms with E-state index in [2.05, 4.69) is 17.5 Å². The first-order valence-corrected chi connectivity index (χ1v) is 5.97. The fraction of sp³-hybridized carbons (Fsp3) is 0.833. The molecule has 2 unspecified atom stereocenters. The molecule has 0 radical (unpaired) electrons. The predicted molar refractivity (Wildman–Crippen MR) is 58.4 cm³/mol. The van der Waals surface area contributed by atoms with Gasteiger partial charge in [0, 0.05) is 6.04 Å². The van der Waals surface area contributed by atoms with Crippen LogP contribution in [0.4, 0.5) is 0 Å². The van der Waals surface area contributed by atoms with Crippen molar-refractivity contribution >= 4 is 0 Å². The van der Waals surface area contributed by atoms with Crippen LogP contribution in [0.15, 0.2) is 12.2 Å². The Labute approximate surface area is 86.7 Å². The molecule has 14 heavy (non-hydrogen) atoms. The molecule has 2 heteroatoms. The second kappa shape index (κ2) is 5.52. The van der Waals surface area contributed by atoms with E-state index < -0.39 is 0 Å². The highest BCUT2D eigenvalue weighted by Gasteiger charge is 2.15. The molecule has 0 saturated carbocycles. The third kappa shape index (κ3) is 3.10. The van der Waals surface area contributed by atoms with Crippen LogP contribution in [0.25, 0.3) is 0 Å². The molecule has 0 spiro atoms. The summed E-state index contributed by atoms with van der Waals surface area (Å²) in [7, 11) is 0. The molecule has 1 fully saturated rings. The summed E-state index contributed by atoms with van der Waals surface area (Å²) >= 11 is 0. The highest BCUT2D eigenvalue weighted by Crippen LogP contribution is 2.15. The van der Waals surface area contributed by atoms with Gasteiger partial charge in [0.25, 0.3) is 0 Å². The Morgan fingerprint density at radius 3 is 2.93 bits per heavy atom. The zero-order chi connectivity index (χ0) is 9.64. The second-order valence-corrected chi connectivity index (χ2v) is 4.38. The third-order valence-corrected chi connectivity index (χ3v) is 3.13. The van der Waals surface area contributed by atoms with Gasteiger partial charge in [-0.3, -0.25) is 0 Å². The van der Waals surface area contributed by atoms with Crippen LogP contribution in [0.2, 0.25) is 0 Å². The van der Waals surface area contributed by atoms with Crippen molar-refractivity contribution in [1.82, 2.24) is 5.32 Å². The van der Waals surface area contributed by atoms with Crippen molar-refractivity contribution < 1.29 is 4.74 Å². The van der Waals surface area contributed by atoms with Crippen LogP contribution >= 0.6 is 0 Å². The van der Waals surface area contributed by atoms with E-state index in [1.165, 1.54) is 45.1 Å². The van der Waals surface area contributed by atoms with Crippen molar-refractivity contribution in [3.05, 3.63) is 12.2 Å². The van der Waals surface area contributed by atoms with Crippen molar-refractivity contribution in [1.29, 1.82) is 0 Å². The van der Waals surface area contributed by atoms with E-state index in [9.17, 15) is 0 Å². The Kier molecular flexibility index (Phi) is 4.02. The van der Waals surface area contributed by atoms with Gasteiger partial charge in [-0.2, -0.15) is 0 Å². The highest BCUT2D eigenvalue weighted by atomic mass is 16.5. The number of hydrogen-bond acceptors (Lipinski definition) is 2. The van der Waals surface area contributed by atoms with Crippen LogP contribution in [-0.2, 0) is 4.74 Å². The van der Waals surface area contributed by atoms with Crippen molar-refractivity contribution in [2.45, 2.75) is 50.7 Å². The summed E-state index contributed by atoms with van der Waals surface area (Å²) in [4.78, 5) is 0. The summed E-state index contributed by atoms with van der Waals surface area (Å²) < 4.78 is 5.87. The van der Waals surface area contributed by atoms with Gasteiger partial charge in [0.15, 0.2) is 0 Å². The molecule has 80 valence electrons. The molecule has 1 heterocycles. The van der Waals surface area contributed by atoms with Crippen molar-refractivity contribution in [2.75, 3.05) is 13.2 Å². The molecule has 2 rings (SSSR count). The highest BCUT2D eigenvalue weighted by molar-refractivity contribution is 4.94. The molecule has 1 N–H and O–H groups in total. The van der Waals surface area contributed by atoms with Crippen LogP contribution in [-0.4, -0.2) is 25.3 Å². The van der Waals surface area contributed by atoms with Gasteiger partial charge in [0.2, 0.25) is 0 Å². The lowest BCUT2D eigenvalue weighted by Gasteiger charge is -2.26. The van der Waals surface area contributed by atoms with E-state index in [1.54, 1.807) is 0 Å².